The van der Waals surface area contributed by atoms with E-state index in [1.807, 2.05) is 24.3 Å². The van der Waals surface area contributed by atoms with Crippen LogP contribution in [0, 0.1) is 0 Å². The van der Waals surface area contributed by atoms with Gasteiger partial charge < -0.3 is 25.0 Å². The van der Waals surface area contributed by atoms with E-state index in [0.717, 1.165) is 63.9 Å². The van der Waals surface area contributed by atoms with Crippen LogP contribution in [0.3, 0.4) is 0 Å². The van der Waals surface area contributed by atoms with Crippen LogP contribution in [-0.4, -0.2) is 76.1 Å². The molecule has 0 aromatic heterocycles. The van der Waals surface area contributed by atoms with Crippen molar-refractivity contribution in [2.75, 3.05) is 69.3 Å². The molecule has 2 N–H and O–H groups in total. The van der Waals surface area contributed by atoms with Gasteiger partial charge in [0.05, 0.1) is 25.9 Å². The molecule has 0 spiro atoms. The third-order valence-electron chi connectivity index (χ3n) is 4.55. The molecule has 2 aliphatic rings. The molecular weight excluding hydrogens is 320 g/mol. The largest absolute Gasteiger partial charge is 0.379 e. The van der Waals surface area contributed by atoms with Gasteiger partial charge in [-0.15, -0.1) is 0 Å². The molecule has 2 heterocycles. The summed E-state index contributed by atoms with van der Waals surface area (Å²) in [4.78, 5) is 16.6. The fourth-order valence-corrected chi connectivity index (χ4v) is 3.14. The van der Waals surface area contributed by atoms with Crippen molar-refractivity contribution in [1.29, 1.82) is 0 Å². The van der Waals surface area contributed by atoms with E-state index in [1.54, 1.807) is 0 Å². The third kappa shape index (κ3) is 5.59. The van der Waals surface area contributed by atoms with Crippen LogP contribution in [0.5, 0.6) is 0 Å². The Labute approximate surface area is 149 Å². The van der Waals surface area contributed by atoms with E-state index in [9.17, 15) is 4.79 Å². The van der Waals surface area contributed by atoms with Crippen molar-refractivity contribution in [1.82, 2.24) is 10.2 Å². The zero-order chi connectivity index (χ0) is 17.5. The van der Waals surface area contributed by atoms with E-state index in [-0.39, 0.29) is 12.1 Å². The highest BCUT2D eigenvalue weighted by Gasteiger charge is 2.17. The van der Waals surface area contributed by atoms with Gasteiger partial charge in [-0.3, -0.25) is 4.90 Å². The number of rotatable bonds is 5. The molecule has 2 amide bonds. The quantitative estimate of drug-likeness (QED) is 0.841. The highest BCUT2D eigenvalue weighted by atomic mass is 16.5. The first-order chi connectivity index (χ1) is 12.2. The Bertz CT molecular complexity index is 546. The second-order valence-electron chi connectivity index (χ2n) is 6.51. The summed E-state index contributed by atoms with van der Waals surface area (Å²) in [6, 6.07) is 7.80. The molecule has 0 radical (unpaired) electrons. The van der Waals surface area contributed by atoms with Crippen LogP contribution in [0.1, 0.15) is 6.92 Å². The monoisotopic (exact) mass is 348 g/mol. The summed E-state index contributed by atoms with van der Waals surface area (Å²) in [6.45, 7) is 9.56. The van der Waals surface area contributed by atoms with Gasteiger partial charge in [0.2, 0.25) is 0 Å². The van der Waals surface area contributed by atoms with E-state index in [0.29, 0.717) is 6.54 Å². The average molecular weight is 348 g/mol. The molecule has 2 aliphatic heterocycles. The van der Waals surface area contributed by atoms with Gasteiger partial charge >= 0.3 is 6.03 Å². The van der Waals surface area contributed by atoms with Crippen molar-refractivity contribution < 1.29 is 14.3 Å². The minimum Gasteiger partial charge on any atom is -0.379 e. The molecular formula is C18H28N4O3. The first-order valence-corrected chi connectivity index (χ1v) is 9.02. The zero-order valence-corrected chi connectivity index (χ0v) is 14.9. The fraction of sp³-hybridized carbons (Fsp3) is 0.611. The predicted octanol–water partition coefficient (Wildman–Crippen LogP) is 1.37. The van der Waals surface area contributed by atoms with Crippen molar-refractivity contribution >= 4 is 17.4 Å². The lowest BCUT2D eigenvalue weighted by Crippen LogP contribution is -2.42. The minimum atomic E-state index is -0.166. The van der Waals surface area contributed by atoms with Crippen LogP contribution >= 0.6 is 0 Å². The standard InChI is InChI=1S/C18H28N4O3/c1-15-14-22(10-13-25-15)17-4-2-16(3-5-17)20-18(23)19-6-7-21-8-11-24-12-9-21/h2-5,15H,6-14H2,1H3,(H2,19,20,23). The van der Waals surface area contributed by atoms with E-state index in [4.69, 9.17) is 9.47 Å². The SMILES string of the molecule is CC1CN(c2ccc(NC(=O)NCCN3CCOCC3)cc2)CCO1. The Morgan fingerprint density at radius 2 is 1.92 bits per heavy atom. The number of carbonyl (C=O) groups is 1. The van der Waals surface area contributed by atoms with E-state index < -0.39 is 0 Å². The summed E-state index contributed by atoms with van der Waals surface area (Å²) in [7, 11) is 0. The third-order valence-corrected chi connectivity index (χ3v) is 4.55. The molecule has 3 rings (SSSR count). The van der Waals surface area contributed by atoms with Crippen molar-refractivity contribution in [2.45, 2.75) is 13.0 Å². The summed E-state index contributed by atoms with van der Waals surface area (Å²) < 4.78 is 10.9. The lowest BCUT2D eigenvalue weighted by Gasteiger charge is -2.33. The van der Waals surface area contributed by atoms with Gasteiger partial charge in [0, 0.05) is 50.6 Å². The molecule has 1 atom stereocenters. The number of ether oxygens (including phenoxy) is 2. The molecule has 1 unspecified atom stereocenters. The Morgan fingerprint density at radius 3 is 2.64 bits per heavy atom. The van der Waals surface area contributed by atoms with Gasteiger partial charge in [-0.25, -0.2) is 4.79 Å². The Balaban J connectivity index is 1.40. The molecule has 0 bridgehead atoms. The van der Waals surface area contributed by atoms with Crippen molar-refractivity contribution in [3.05, 3.63) is 24.3 Å². The molecule has 2 saturated heterocycles. The number of nitrogens with one attached hydrogen (secondary N) is 2. The lowest BCUT2D eigenvalue weighted by molar-refractivity contribution is 0.0388. The Hall–Kier alpha value is -1.83. The molecule has 7 heteroatoms. The van der Waals surface area contributed by atoms with Crippen molar-refractivity contribution in [2.24, 2.45) is 0 Å². The van der Waals surface area contributed by atoms with Gasteiger partial charge in [0.1, 0.15) is 0 Å². The highest BCUT2D eigenvalue weighted by Crippen LogP contribution is 2.20. The normalized spacial score (nSPS) is 21.8. The van der Waals surface area contributed by atoms with Crippen LogP contribution in [0.15, 0.2) is 24.3 Å². The van der Waals surface area contributed by atoms with Crippen molar-refractivity contribution in [3.63, 3.8) is 0 Å². The summed E-state index contributed by atoms with van der Waals surface area (Å²) >= 11 is 0. The number of nitrogens with zero attached hydrogens (tertiary/aromatic N) is 2. The smallest absolute Gasteiger partial charge is 0.319 e. The van der Waals surface area contributed by atoms with Gasteiger partial charge in [-0.2, -0.15) is 0 Å². The molecule has 138 valence electrons. The number of amides is 2. The molecule has 25 heavy (non-hydrogen) atoms. The predicted molar refractivity (Wildman–Crippen MR) is 98.3 cm³/mol. The molecule has 0 saturated carbocycles. The summed E-state index contributed by atoms with van der Waals surface area (Å²) in [5.41, 5.74) is 1.96. The van der Waals surface area contributed by atoms with Crippen LogP contribution in [0.25, 0.3) is 0 Å². The molecule has 1 aromatic rings. The van der Waals surface area contributed by atoms with E-state index in [1.165, 1.54) is 0 Å². The Kier molecular flexibility index (Phi) is 6.49. The van der Waals surface area contributed by atoms with Crippen LogP contribution in [0.4, 0.5) is 16.2 Å². The molecule has 7 nitrogen and oxygen atoms in total. The molecule has 2 fully saturated rings. The zero-order valence-electron chi connectivity index (χ0n) is 14.9. The second kappa shape index (κ2) is 9.03. The van der Waals surface area contributed by atoms with E-state index in [2.05, 4.69) is 27.4 Å². The van der Waals surface area contributed by atoms with Gasteiger partial charge in [-0.1, -0.05) is 0 Å². The number of carbonyl (C=O) groups excluding carboxylic acids is 1. The summed E-state index contributed by atoms with van der Waals surface area (Å²) in [5, 5.41) is 5.78. The first kappa shape index (κ1) is 18.0. The van der Waals surface area contributed by atoms with Crippen LogP contribution in [-0.2, 0) is 9.47 Å². The van der Waals surface area contributed by atoms with Gasteiger partial charge in [0.25, 0.3) is 0 Å². The number of urea groups is 1. The number of hydrogen-bond acceptors (Lipinski definition) is 5. The number of hydrogen-bond donors (Lipinski definition) is 2. The number of morpholine rings is 2. The first-order valence-electron chi connectivity index (χ1n) is 9.02. The maximum Gasteiger partial charge on any atom is 0.319 e. The Morgan fingerprint density at radius 1 is 1.16 bits per heavy atom. The van der Waals surface area contributed by atoms with Crippen LogP contribution < -0.4 is 15.5 Å². The van der Waals surface area contributed by atoms with Crippen molar-refractivity contribution in [3.8, 4) is 0 Å². The fourth-order valence-electron chi connectivity index (χ4n) is 3.14. The van der Waals surface area contributed by atoms with E-state index >= 15 is 0 Å². The highest BCUT2D eigenvalue weighted by molar-refractivity contribution is 5.89. The minimum absolute atomic E-state index is 0.166. The number of anilines is 2. The topological polar surface area (TPSA) is 66.1 Å². The maximum absolute atomic E-state index is 12.0. The average Bonchev–Trinajstić information content (AvgIpc) is 2.63. The summed E-state index contributed by atoms with van der Waals surface area (Å²) in [5.74, 6) is 0. The molecule has 0 aliphatic carbocycles. The number of benzene rings is 1. The second-order valence-corrected chi connectivity index (χ2v) is 6.51. The lowest BCUT2D eigenvalue weighted by atomic mass is 10.2. The van der Waals surface area contributed by atoms with Gasteiger partial charge in [-0.05, 0) is 31.2 Å². The molecule has 1 aromatic carbocycles. The van der Waals surface area contributed by atoms with Gasteiger partial charge in [0.15, 0.2) is 0 Å². The van der Waals surface area contributed by atoms with Crippen LogP contribution in [0.2, 0.25) is 0 Å². The maximum atomic E-state index is 12.0. The summed E-state index contributed by atoms with van der Waals surface area (Å²) in [6.07, 6.45) is 0.254.